The summed E-state index contributed by atoms with van der Waals surface area (Å²) in [6.07, 6.45) is 0.511. The third-order valence-corrected chi connectivity index (χ3v) is 17.7. The molecule has 0 saturated carbocycles. The van der Waals surface area contributed by atoms with E-state index >= 15 is 0 Å². The number of rotatable bonds is 12. The molecule has 0 aromatic heterocycles. The van der Waals surface area contributed by atoms with Gasteiger partial charge in [0.1, 0.15) is 6.04 Å². The van der Waals surface area contributed by atoms with Crippen LogP contribution in [0.5, 0.6) is 11.5 Å². The van der Waals surface area contributed by atoms with Crippen molar-refractivity contribution in [2.45, 2.75) is 88.3 Å². The minimum absolute atomic E-state index is 0.0175. The lowest BCUT2D eigenvalue weighted by Gasteiger charge is -2.60. The van der Waals surface area contributed by atoms with E-state index < -0.39 is 43.9 Å². The first-order valence-corrected chi connectivity index (χ1v) is 21.9. The molecule has 5 aliphatic rings. The molecule has 58 heavy (non-hydrogen) atoms. The van der Waals surface area contributed by atoms with Crippen molar-refractivity contribution in [1.82, 2.24) is 10.2 Å². The van der Waals surface area contributed by atoms with Gasteiger partial charge in [0.05, 0.1) is 45.1 Å². The quantitative estimate of drug-likeness (QED) is 0.153. The number of piperazine rings is 1. The Hall–Kier alpha value is -4.52. The van der Waals surface area contributed by atoms with E-state index in [0.717, 1.165) is 27.1 Å². The van der Waals surface area contributed by atoms with Crippen LogP contribution in [0.15, 0.2) is 89.4 Å². The summed E-state index contributed by atoms with van der Waals surface area (Å²) < 4.78 is 43.1. The molecular formula is C45H53N3O9Si. The maximum absolute atomic E-state index is 14.7. The number of aliphatic hydroxyl groups is 1. The number of nitrogens with zero attached hydrogens (tertiary/aromatic N) is 2. The lowest BCUT2D eigenvalue weighted by molar-refractivity contribution is -0.142. The van der Waals surface area contributed by atoms with E-state index in [0.29, 0.717) is 53.8 Å². The fraction of sp³-hybridized carbons (Fsp3) is 0.467. The SMILES string of the molecule is COCCOCOc1c(OC)c(C)cc2c1[C@H]1N[C@@H](C2)[C@H](C#N)N2[C@@H](CO[Si](c3ccccc3)(c3ccccc3)C(C)(C)C)C3=C4OCOC4=C(C)C(=O)C3(O)C[C@@H]12. The monoisotopic (exact) mass is 807 g/mol. The lowest BCUT2D eigenvalue weighted by Crippen LogP contribution is -2.75. The summed E-state index contributed by atoms with van der Waals surface area (Å²) >= 11 is 0. The molecule has 3 aromatic rings. The van der Waals surface area contributed by atoms with Crippen molar-refractivity contribution in [3.05, 3.63) is 106 Å². The molecule has 2 bridgehead atoms. The normalized spacial score (nSPS) is 26.5. The van der Waals surface area contributed by atoms with Crippen LogP contribution in [-0.2, 0) is 34.6 Å². The van der Waals surface area contributed by atoms with Gasteiger partial charge in [-0.05, 0) is 46.8 Å². The number of aryl methyl sites for hydroxylation is 1. The smallest absolute Gasteiger partial charge is 0.261 e. The zero-order valence-corrected chi connectivity index (χ0v) is 35.3. The second-order valence-electron chi connectivity index (χ2n) is 16.8. The van der Waals surface area contributed by atoms with Crippen molar-refractivity contribution in [3.8, 4) is 17.6 Å². The summed E-state index contributed by atoms with van der Waals surface area (Å²) in [7, 11) is 0.0643. The standard InChI is InChI=1S/C45H53N3O9Si/c1-27-20-29-21-32-34(23-46)48-33(38(47-32)36(29)41(39(27)52-7)54-25-53-19-18-51-6)22-45(50)37(42-40(55-26-56-42)28(2)43(45)49)35(48)24-57-58(44(3,4)5,30-14-10-8-11-15-30)31-16-12-9-13-17-31/h8-17,20,32-35,38,47,50H,18-19,21-22,24-26H2,1-7H3/t32-,33-,34-,35-,38-,45?/m0/s1. The van der Waals surface area contributed by atoms with Gasteiger partial charge < -0.3 is 43.3 Å². The van der Waals surface area contributed by atoms with Gasteiger partial charge in [-0.15, -0.1) is 0 Å². The van der Waals surface area contributed by atoms with E-state index in [9.17, 15) is 15.2 Å². The van der Waals surface area contributed by atoms with Crippen LogP contribution in [-0.4, -0.2) is 102 Å². The molecule has 3 fully saturated rings. The molecule has 1 aliphatic carbocycles. The molecule has 0 spiro atoms. The summed E-state index contributed by atoms with van der Waals surface area (Å²) in [5.41, 5.74) is 1.45. The summed E-state index contributed by atoms with van der Waals surface area (Å²) in [4.78, 5) is 16.9. The minimum atomic E-state index is -3.16. The first-order chi connectivity index (χ1) is 27.9. The molecule has 0 radical (unpaired) electrons. The topological polar surface area (TPSA) is 141 Å². The second kappa shape index (κ2) is 15.6. The van der Waals surface area contributed by atoms with Crippen LogP contribution in [0.3, 0.4) is 0 Å². The minimum Gasteiger partial charge on any atom is -0.493 e. The zero-order chi connectivity index (χ0) is 41.0. The van der Waals surface area contributed by atoms with Gasteiger partial charge >= 0.3 is 0 Å². The Morgan fingerprint density at radius 2 is 1.67 bits per heavy atom. The zero-order valence-electron chi connectivity index (χ0n) is 34.3. The Kier molecular flexibility index (Phi) is 10.8. The van der Waals surface area contributed by atoms with Gasteiger partial charge in [0.15, 0.2) is 41.2 Å². The number of hydrogen-bond donors (Lipinski definition) is 2. The lowest BCUT2D eigenvalue weighted by atomic mass is 9.65. The van der Waals surface area contributed by atoms with Gasteiger partial charge in [-0.1, -0.05) is 87.5 Å². The third kappa shape index (κ3) is 6.28. The number of Topliss-reactive ketones (excluding diaryl/α,β-unsaturated/α-hetero) is 1. The highest BCUT2D eigenvalue weighted by Crippen LogP contribution is 2.55. The molecule has 3 aromatic carbocycles. The molecule has 2 N–H and O–H groups in total. The summed E-state index contributed by atoms with van der Waals surface area (Å²) in [5.74, 6) is 1.33. The molecule has 8 rings (SSSR count). The van der Waals surface area contributed by atoms with Crippen molar-refractivity contribution < 1.29 is 42.7 Å². The maximum Gasteiger partial charge on any atom is 0.261 e. The number of methoxy groups -OCH3 is 2. The number of carbonyl (C=O) groups excluding carboxylic acids is 1. The highest BCUT2D eigenvalue weighted by molar-refractivity contribution is 6.99. The number of nitrogens with one attached hydrogen (secondary N) is 1. The van der Waals surface area contributed by atoms with Crippen LogP contribution >= 0.6 is 0 Å². The third-order valence-electron chi connectivity index (χ3n) is 12.6. The molecule has 12 nitrogen and oxygen atoms in total. The van der Waals surface area contributed by atoms with Crippen LogP contribution in [0.25, 0.3) is 0 Å². The van der Waals surface area contributed by atoms with Gasteiger partial charge in [-0.25, -0.2) is 0 Å². The predicted molar refractivity (Wildman–Crippen MR) is 218 cm³/mol. The average molecular weight is 808 g/mol. The highest BCUT2D eigenvalue weighted by atomic mass is 28.4. The van der Waals surface area contributed by atoms with Crippen molar-refractivity contribution in [1.29, 1.82) is 5.26 Å². The second-order valence-corrected chi connectivity index (χ2v) is 21.1. The van der Waals surface area contributed by atoms with Gasteiger partial charge in [0.2, 0.25) is 6.79 Å². The predicted octanol–water partition coefficient (Wildman–Crippen LogP) is 4.33. The number of ether oxygens (including phenoxy) is 6. The maximum atomic E-state index is 14.7. The summed E-state index contributed by atoms with van der Waals surface area (Å²) in [6.45, 7) is 11.0. The number of hydrogen-bond acceptors (Lipinski definition) is 12. The van der Waals surface area contributed by atoms with Crippen molar-refractivity contribution in [3.63, 3.8) is 0 Å². The number of piperidine rings is 1. The Balaban J connectivity index is 1.31. The molecule has 4 heterocycles. The van der Waals surface area contributed by atoms with Crippen LogP contribution in [0.2, 0.25) is 5.04 Å². The van der Waals surface area contributed by atoms with E-state index in [1.807, 2.05) is 43.3 Å². The van der Waals surface area contributed by atoms with Gasteiger partial charge in [0.25, 0.3) is 8.32 Å². The first kappa shape index (κ1) is 40.3. The highest BCUT2D eigenvalue weighted by Gasteiger charge is 2.64. The van der Waals surface area contributed by atoms with Crippen molar-refractivity contribution in [2.75, 3.05) is 47.6 Å². The van der Waals surface area contributed by atoms with E-state index in [1.165, 1.54) is 0 Å². The molecule has 306 valence electrons. The van der Waals surface area contributed by atoms with Crippen LogP contribution in [0, 0.1) is 18.3 Å². The van der Waals surface area contributed by atoms with Crippen LogP contribution < -0.4 is 25.2 Å². The molecule has 1 unspecified atom stereocenters. The molecule has 6 atom stereocenters. The van der Waals surface area contributed by atoms with E-state index in [4.69, 9.17) is 32.8 Å². The van der Waals surface area contributed by atoms with Gasteiger partial charge in [-0.3, -0.25) is 9.69 Å². The van der Waals surface area contributed by atoms with E-state index in [1.54, 1.807) is 21.1 Å². The summed E-state index contributed by atoms with van der Waals surface area (Å²) in [5, 5.41) is 29.9. The molecule has 0 amide bonds. The van der Waals surface area contributed by atoms with Gasteiger partial charge in [0, 0.05) is 42.3 Å². The number of nitriles is 1. The molecular weight excluding hydrogens is 755 g/mol. The largest absolute Gasteiger partial charge is 0.493 e. The Morgan fingerprint density at radius 3 is 2.29 bits per heavy atom. The fourth-order valence-electron chi connectivity index (χ4n) is 10.3. The Bertz CT molecular complexity index is 2130. The van der Waals surface area contributed by atoms with Crippen molar-refractivity contribution >= 4 is 24.5 Å². The number of ketones is 1. The molecule has 3 saturated heterocycles. The number of fused-ring (bicyclic) bond motifs is 8. The number of carbonyl (C=O) groups is 1. The van der Waals surface area contributed by atoms with Crippen molar-refractivity contribution in [2.24, 2.45) is 0 Å². The van der Waals surface area contributed by atoms with Gasteiger partial charge in [-0.2, -0.15) is 5.26 Å². The first-order valence-electron chi connectivity index (χ1n) is 20.0. The van der Waals surface area contributed by atoms with Crippen LogP contribution in [0.1, 0.15) is 56.8 Å². The Labute approximate surface area is 341 Å². The molecule has 13 heteroatoms. The Morgan fingerprint density at radius 1 is 1.00 bits per heavy atom. The molecule has 4 aliphatic heterocycles. The van der Waals surface area contributed by atoms with E-state index in [-0.39, 0.29) is 37.7 Å². The van der Waals surface area contributed by atoms with E-state index in [2.05, 4.69) is 67.4 Å². The average Bonchev–Trinajstić information content (AvgIpc) is 3.70. The number of benzene rings is 3. The summed E-state index contributed by atoms with van der Waals surface area (Å²) in [6, 6.07) is 22.7. The van der Waals surface area contributed by atoms with Crippen LogP contribution in [0.4, 0.5) is 0 Å². The fourth-order valence-corrected chi connectivity index (χ4v) is 14.8.